The van der Waals surface area contributed by atoms with Crippen molar-refractivity contribution in [1.82, 2.24) is 14.6 Å². The molecule has 0 aliphatic heterocycles. The van der Waals surface area contributed by atoms with Gasteiger partial charge in [0.15, 0.2) is 11.5 Å². The summed E-state index contributed by atoms with van der Waals surface area (Å²) in [4.78, 5) is 32.8. The third-order valence-corrected chi connectivity index (χ3v) is 4.44. The lowest BCUT2D eigenvalue weighted by Crippen LogP contribution is -2.39. The van der Waals surface area contributed by atoms with E-state index in [-0.39, 0.29) is 27.7 Å². The molecule has 1 amide bonds. The van der Waals surface area contributed by atoms with Gasteiger partial charge in [-0.2, -0.15) is 23.5 Å². The van der Waals surface area contributed by atoms with Crippen molar-refractivity contribution in [1.29, 1.82) is 5.26 Å². The number of anilines is 1. The molecule has 2 aromatic carbocycles. The van der Waals surface area contributed by atoms with E-state index in [2.05, 4.69) is 14.9 Å². The summed E-state index contributed by atoms with van der Waals surface area (Å²) in [5, 5.41) is 13.4. The maximum Gasteiger partial charge on any atom is 0.493 e. The third-order valence-electron chi connectivity index (χ3n) is 4.44. The molecular formula is C22H12F3N5O3. The molecule has 0 N–H and O–H groups in total. The van der Waals surface area contributed by atoms with Gasteiger partial charge >= 0.3 is 12.1 Å². The quantitative estimate of drug-likeness (QED) is 0.438. The van der Waals surface area contributed by atoms with Gasteiger partial charge in [0.1, 0.15) is 0 Å². The average molecular weight is 451 g/mol. The predicted molar refractivity (Wildman–Crippen MR) is 109 cm³/mol. The lowest BCUT2D eigenvalue weighted by atomic mass is 10.1. The number of carbonyl (C=O) groups excluding carboxylic acids is 2. The van der Waals surface area contributed by atoms with Crippen LogP contribution in [0.3, 0.4) is 0 Å². The fraction of sp³-hybridized carbons (Fsp3) is 0.0455. The van der Waals surface area contributed by atoms with Gasteiger partial charge in [0, 0.05) is 11.1 Å². The number of halogens is 3. The van der Waals surface area contributed by atoms with Crippen molar-refractivity contribution in [3.05, 3.63) is 84.1 Å². The first-order chi connectivity index (χ1) is 15.8. The van der Waals surface area contributed by atoms with E-state index in [4.69, 9.17) is 5.26 Å². The molecule has 4 aromatic rings. The van der Waals surface area contributed by atoms with E-state index in [1.807, 2.05) is 36.4 Å². The highest BCUT2D eigenvalue weighted by molar-refractivity contribution is 6.05. The molecular weight excluding hydrogens is 439 g/mol. The van der Waals surface area contributed by atoms with Crippen LogP contribution >= 0.6 is 0 Å². The fourth-order valence-electron chi connectivity index (χ4n) is 2.86. The number of carbonyl (C=O) groups is 2. The Morgan fingerprint density at radius 1 is 1.00 bits per heavy atom. The molecule has 0 atom stereocenters. The van der Waals surface area contributed by atoms with Crippen LogP contribution in [0, 0.1) is 11.3 Å². The second kappa shape index (κ2) is 8.43. The number of hydrogen-bond donors (Lipinski definition) is 0. The van der Waals surface area contributed by atoms with Gasteiger partial charge in [-0.1, -0.05) is 30.3 Å². The van der Waals surface area contributed by atoms with Gasteiger partial charge in [-0.25, -0.2) is 14.3 Å². The normalized spacial score (nSPS) is 11.1. The molecule has 2 heterocycles. The van der Waals surface area contributed by atoms with Crippen molar-refractivity contribution in [2.75, 3.05) is 5.06 Å². The number of hydrogen-bond acceptors (Lipinski definition) is 6. The Bertz CT molecular complexity index is 1380. The summed E-state index contributed by atoms with van der Waals surface area (Å²) in [6.07, 6.45) is -4.19. The predicted octanol–water partition coefficient (Wildman–Crippen LogP) is 3.94. The Morgan fingerprint density at radius 2 is 1.70 bits per heavy atom. The second-order valence-corrected chi connectivity index (χ2v) is 6.65. The molecule has 164 valence electrons. The summed E-state index contributed by atoms with van der Waals surface area (Å²) < 4.78 is 39.8. The molecule has 0 fully saturated rings. The minimum absolute atomic E-state index is 0.126. The van der Waals surface area contributed by atoms with Crippen molar-refractivity contribution in [3.8, 4) is 17.3 Å². The minimum Gasteiger partial charge on any atom is -0.323 e. The number of nitrogens with zero attached hydrogens (tertiary/aromatic N) is 5. The van der Waals surface area contributed by atoms with Crippen molar-refractivity contribution in [2.24, 2.45) is 0 Å². The molecule has 0 saturated heterocycles. The van der Waals surface area contributed by atoms with Crippen LogP contribution in [0.15, 0.2) is 72.9 Å². The topological polar surface area (TPSA) is 101 Å². The Kier molecular flexibility index (Phi) is 5.49. The van der Waals surface area contributed by atoms with Gasteiger partial charge < -0.3 is 4.84 Å². The van der Waals surface area contributed by atoms with Gasteiger partial charge in [0.05, 0.1) is 23.5 Å². The van der Waals surface area contributed by atoms with Crippen LogP contribution < -0.4 is 5.06 Å². The highest BCUT2D eigenvalue weighted by Crippen LogP contribution is 2.24. The monoisotopic (exact) mass is 451 g/mol. The van der Waals surface area contributed by atoms with Crippen molar-refractivity contribution in [3.63, 3.8) is 0 Å². The van der Waals surface area contributed by atoms with Crippen LogP contribution in [-0.2, 0) is 9.63 Å². The number of nitriles is 1. The van der Waals surface area contributed by atoms with Crippen LogP contribution in [0.1, 0.15) is 15.9 Å². The lowest BCUT2D eigenvalue weighted by molar-refractivity contribution is -0.200. The average Bonchev–Trinajstić information content (AvgIpc) is 3.25. The lowest BCUT2D eigenvalue weighted by Gasteiger charge is -2.19. The summed E-state index contributed by atoms with van der Waals surface area (Å²) in [5.41, 5.74) is 1.63. The van der Waals surface area contributed by atoms with E-state index < -0.39 is 18.1 Å². The van der Waals surface area contributed by atoms with Crippen molar-refractivity contribution in [2.45, 2.75) is 6.18 Å². The number of amides is 1. The first-order valence-electron chi connectivity index (χ1n) is 9.32. The molecule has 0 bridgehead atoms. The fourth-order valence-corrected chi connectivity index (χ4v) is 2.86. The molecule has 0 aliphatic carbocycles. The summed E-state index contributed by atoms with van der Waals surface area (Å²) in [6.45, 7) is 0. The molecule has 0 saturated carbocycles. The second-order valence-electron chi connectivity index (χ2n) is 6.65. The molecule has 2 aromatic heterocycles. The SMILES string of the molecule is N#Cc1ccc(C(=O)N(OC(=O)C(F)(F)F)c2cn3nc(-c4ccccc4)ccc3n2)cc1. The molecule has 8 nitrogen and oxygen atoms in total. The summed E-state index contributed by atoms with van der Waals surface area (Å²) in [7, 11) is 0. The molecule has 0 aliphatic rings. The number of alkyl halides is 3. The number of imidazole rings is 1. The van der Waals surface area contributed by atoms with Gasteiger partial charge in [-0.15, -0.1) is 5.06 Å². The van der Waals surface area contributed by atoms with E-state index >= 15 is 0 Å². The molecule has 0 radical (unpaired) electrons. The Morgan fingerprint density at radius 3 is 2.33 bits per heavy atom. The first-order valence-corrected chi connectivity index (χ1v) is 9.32. The molecule has 11 heteroatoms. The van der Waals surface area contributed by atoms with Crippen LogP contribution in [-0.4, -0.2) is 32.7 Å². The van der Waals surface area contributed by atoms with Crippen LogP contribution in [0.5, 0.6) is 0 Å². The largest absolute Gasteiger partial charge is 0.493 e. The number of aromatic nitrogens is 3. The van der Waals surface area contributed by atoms with Gasteiger partial charge in [-0.05, 0) is 36.4 Å². The standard InChI is InChI=1S/C22H12F3N5O3/c23-22(24,25)21(32)33-30(20(31)16-8-6-14(12-26)7-9-16)19-13-29-18(27-19)11-10-17(28-29)15-4-2-1-3-5-15/h1-11,13H. The summed E-state index contributed by atoms with van der Waals surface area (Å²) in [6, 6.07) is 19.2. The Hall–Kier alpha value is -4.72. The van der Waals surface area contributed by atoms with E-state index in [1.165, 1.54) is 28.8 Å². The summed E-state index contributed by atoms with van der Waals surface area (Å²) in [5.74, 6) is -4.08. The first kappa shape index (κ1) is 21.5. The smallest absolute Gasteiger partial charge is 0.323 e. The van der Waals surface area contributed by atoms with Gasteiger partial charge in [0.2, 0.25) is 0 Å². The van der Waals surface area contributed by atoms with Crippen LogP contribution in [0.2, 0.25) is 0 Å². The van der Waals surface area contributed by atoms with E-state index in [1.54, 1.807) is 12.1 Å². The Balaban J connectivity index is 1.74. The van der Waals surface area contributed by atoms with Crippen molar-refractivity contribution < 1.29 is 27.6 Å². The van der Waals surface area contributed by atoms with Crippen LogP contribution in [0.25, 0.3) is 16.9 Å². The maximum atomic E-state index is 12.9. The van der Waals surface area contributed by atoms with E-state index in [0.29, 0.717) is 5.69 Å². The number of hydroxylamine groups is 1. The maximum absolute atomic E-state index is 12.9. The molecule has 0 unspecified atom stereocenters. The molecule has 4 rings (SSSR count). The minimum atomic E-state index is -5.35. The highest BCUT2D eigenvalue weighted by Gasteiger charge is 2.44. The van der Waals surface area contributed by atoms with Crippen LogP contribution in [0.4, 0.5) is 19.0 Å². The Labute approximate surface area is 184 Å². The summed E-state index contributed by atoms with van der Waals surface area (Å²) >= 11 is 0. The third kappa shape index (κ3) is 4.49. The zero-order valence-corrected chi connectivity index (χ0v) is 16.5. The molecule has 0 spiro atoms. The van der Waals surface area contributed by atoms with Crippen molar-refractivity contribution >= 4 is 23.3 Å². The zero-order valence-electron chi connectivity index (χ0n) is 16.5. The molecule has 33 heavy (non-hydrogen) atoms. The number of rotatable bonds is 3. The van der Waals surface area contributed by atoms with E-state index in [9.17, 15) is 22.8 Å². The zero-order chi connectivity index (χ0) is 23.6. The van der Waals surface area contributed by atoms with E-state index in [0.717, 1.165) is 11.8 Å². The highest BCUT2D eigenvalue weighted by atomic mass is 19.4. The van der Waals surface area contributed by atoms with Gasteiger partial charge in [-0.3, -0.25) is 4.79 Å². The number of benzene rings is 2. The van der Waals surface area contributed by atoms with Gasteiger partial charge in [0.25, 0.3) is 5.91 Å². The number of fused-ring (bicyclic) bond motifs is 1.